The molecule has 0 heterocycles. The number of rotatable bonds is 6. The third kappa shape index (κ3) is 5.76. The number of hydrogen-bond acceptors (Lipinski definition) is 3. The van der Waals surface area contributed by atoms with Gasteiger partial charge in [-0.05, 0) is 19.2 Å². The first kappa shape index (κ1) is 18.1. The molecule has 108 valence electrons. The number of halogens is 3. The van der Waals surface area contributed by atoms with Gasteiger partial charge in [0.25, 0.3) is 11.7 Å². The fourth-order valence-corrected chi connectivity index (χ4v) is 2.06. The average Bonchev–Trinajstić information content (AvgIpc) is 2.35. The third-order valence-electron chi connectivity index (χ3n) is 2.38. The van der Waals surface area contributed by atoms with Crippen LogP contribution in [0.1, 0.15) is 10.4 Å². The average molecular weight is 311 g/mol. The van der Waals surface area contributed by atoms with Crippen LogP contribution < -0.4 is 5.32 Å². The summed E-state index contributed by atoms with van der Waals surface area (Å²) in [6.07, 6.45) is 0. The lowest BCUT2D eigenvalue weighted by Gasteiger charge is -2.18. The van der Waals surface area contributed by atoms with Gasteiger partial charge in [-0.1, -0.05) is 23.9 Å². The standard InChI is InChI=1S/C12H16F2N2OS.ClH/c1-15-7-8-16(2)11(17)9-5-3-4-6-10(9)18-12(13)14;/h3-6,12,15H,7-8H2,1-2H3;1H. The lowest BCUT2D eigenvalue weighted by atomic mass is 10.2. The van der Waals surface area contributed by atoms with E-state index in [1.807, 2.05) is 0 Å². The van der Waals surface area contributed by atoms with Gasteiger partial charge in [0.1, 0.15) is 0 Å². The summed E-state index contributed by atoms with van der Waals surface area (Å²) in [6, 6.07) is 6.43. The van der Waals surface area contributed by atoms with Gasteiger partial charge < -0.3 is 10.2 Å². The fourth-order valence-electron chi connectivity index (χ4n) is 1.43. The molecule has 0 aliphatic heterocycles. The number of alkyl halides is 2. The lowest BCUT2D eigenvalue weighted by Crippen LogP contribution is -2.33. The highest BCUT2D eigenvalue weighted by molar-refractivity contribution is 7.99. The highest BCUT2D eigenvalue weighted by Gasteiger charge is 2.17. The van der Waals surface area contributed by atoms with Crippen LogP contribution in [-0.2, 0) is 0 Å². The van der Waals surface area contributed by atoms with Gasteiger partial charge >= 0.3 is 0 Å². The van der Waals surface area contributed by atoms with E-state index in [1.54, 1.807) is 32.3 Å². The monoisotopic (exact) mass is 310 g/mol. The fraction of sp³-hybridized carbons (Fsp3) is 0.417. The number of nitrogens with one attached hydrogen (secondary N) is 1. The van der Waals surface area contributed by atoms with Crippen molar-refractivity contribution in [3.8, 4) is 0 Å². The Morgan fingerprint density at radius 1 is 1.42 bits per heavy atom. The number of thioether (sulfide) groups is 1. The van der Waals surface area contributed by atoms with Crippen molar-refractivity contribution in [3.05, 3.63) is 29.8 Å². The van der Waals surface area contributed by atoms with Crippen molar-refractivity contribution in [1.29, 1.82) is 0 Å². The summed E-state index contributed by atoms with van der Waals surface area (Å²) >= 11 is 0.398. The van der Waals surface area contributed by atoms with Crippen LogP contribution in [0.4, 0.5) is 8.78 Å². The number of carbonyl (C=O) groups is 1. The predicted molar refractivity (Wildman–Crippen MR) is 76.4 cm³/mol. The van der Waals surface area contributed by atoms with Crippen molar-refractivity contribution in [2.75, 3.05) is 27.2 Å². The van der Waals surface area contributed by atoms with E-state index in [-0.39, 0.29) is 18.3 Å². The minimum atomic E-state index is -2.53. The summed E-state index contributed by atoms with van der Waals surface area (Å²) in [5, 5.41) is 2.93. The SMILES string of the molecule is CNCCN(C)C(=O)c1ccccc1SC(F)F.Cl. The van der Waals surface area contributed by atoms with E-state index < -0.39 is 5.76 Å². The van der Waals surface area contributed by atoms with Crippen molar-refractivity contribution in [2.24, 2.45) is 0 Å². The Labute approximate surface area is 122 Å². The van der Waals surface area contributed by atoms with Gasteiger partial charge in [0, 0.05) is 25.0 Å². The van der Waals surface area contributed by atoms with Gasteiger partial charge in [-0.3, -0.25) is 4.79 Å². The molecular weight excluding hydrogens is 294 g/mol. The maximum Gasteiger partial charge on any atom is 0.288 e. The van der Waals surface area contributed by atoms with E-state index >= 15 is 0 Å². The molecule has 0 saturated heterocycles. The second-order valence-corrected chi connectivity index (χ2v) is 4.74. The Kier molecular flexibility index (Phi) is 8.71. The molecular formula is C12H17ClF2N2OS. The zero-order valence-corrected chi connectivity index (χ0v) is 12.4. The van der Waals surface area contributed by atoms with Crippen LogP contribution in [0, 0.1) is 0 Å². The molecule has 3 nitrogen and oxygen atoms in total. The maximum absolute atomic E-state index is 12.4. The number of benzene rings is 1. The van der Waals surface area contributed by atoms with E-state index in [2.05, 4.69) is 5.32 Å². The molecule has 0 bridgehead atoms. The van der Waals surface area contributed by atoms with E-state index in [9.17, 15) is 13.6 Å². The smallest absolute Gasteiger partial charge is 0.288 e. The second-order valence-electron chi connectivity index (χ2n) is 3.70. The van der Waals surface area contributed by atoms with Crippen molar-refractivity contribution < 1.29 is 13.6 Å². The molecule has 1 N–H and O–H groups in total. The molecule has 0 aliphatic rings. The van der Waals surface area contributed by atoms with E-state index in [0.717, 1.165) is 0 Å². The highest BCUT2D eigenvalue weighted by Crippen LogP contribution is 2.28. The van der Waals surface area contributed by atoms with Crippen molar-refractivity contribution in [2.45, 2.75) is 10.7 Å². The first-order valence-corrected chi connectivity index (χ1v) is 6.38. The van der Waals surface area contributed by atoms with Crippen LogP contribution in [0.25, 0.3) is 0 Å². The molecule has 0 fully saturated rings. The molecule has 0 atom stereocenters. The van der Waals surface area contributed by atoms with Gasteiger partial charge in [0.05, 0.1) is 5.56 Å². The summed E-state index contributed by atoms with van der Waals surface area (Å²) in [5.74, 6) is -2.77. The van der Waals surface area contributed by atoms with E-state index in [0.29, 0.717) is 35.3 Å². The first-order chi connectivity index (χ1) is 8.56. The number of likely N-dealkylation sites (N-methyl/N-ethyl adjacent to an activating group) is 2. The van der Waals surface area contributed by atoms with Crippen LogP contribution in [0.2, 0.25) is 0 Å². The van der Waals surface area contributed by atoms with Crippen molar-refractivity contribution >= 4 is 30.1 Å². The Balaban J connectivity index is 0.00000324. The number of hydrogen-bond donors (Lipinski definition) is 1. The largest absolute Gasteiger partial charge is 0.340 e. The summed E-state index contributed by atoms with van der Waals surface area (Å²) in [4.78, 5) is 13.9. The summed E-state index contributed by atoms with van der Waals surface area (Å²) < 4.78 is 24.8. The number of nitrogens with zero attached hydrogens (tertiary/aromatic N) is 1. The molecule has 7 heteroatoms. The minimum absolute atomic E-state index is 0. The van der Waals surface area contributed by atoms with Crippen LogP contribution >= 0.6 is 24.2 Å². The van der Waals surface area contributed by atoms with Crippen molar-refractivity contribution in [3.63, 3.8) is 0 Å². The molecule has 0 radical (unpaired) electrons. The van der Waals surface area contributed by atoms with Crippen molar-refractivity contribution in [1.82, 2.24) is 10.2 Å². The van der Waals surface area contributed by atoms with Crippen LogP contribution in [-0.4, -0.2) is 43.7 Å². The zero-order valence-electron chi connectivity index (χ0n) is 10.7. The Morgan fingerprint density at radius 3 is 2.63 bits per heavy atom. The minimum Gasteiger partial charge on any atom is -0.340 e. The molecule has 1 aromatic rings. The molecule has 1 aromatic carbocycles. The van der Waals surface area contributed by atoms with Gasteiger partial charge in [-0.2, -0.15) is 8.78 Å². The van der Waals surface area contributed by atoms with E-state index in [1.165, 1.54) is 11.0 Å². The summed E-state index contributed by atoms with van der Waals surface area (Å²) in [6.45, 7) is 1.19. The molecule has 0 aliphatic carbocycles. The summed E-state index contributed by atoms with van der Waals surface area (Å²) in [7, 11) is 3.45. The summed E-state index contributed by atoms with van der Waals surface area (Å²) in [5.41, 5.74) is 0.321. The van der Waals surface area contributed by atoms with Gasteiger partial charge in [0.2, 0.25) is 0 Å². The number of amides is 1. The van der Waals surface area contributed by atoms with Gasteiger partial charge in [-0.25, -0.2) is 0 Å². The second kappa shape index (κ2) is 9.12. The molecule has 0 saturated carbocycles. The number of carbonyl (C=O) groups excluding carboxylic acids is 1. The predicted octanol–water partition coefficient (Wildman–Crippen LogP) is 2.71. The topological polar surface area (TPSA) is 32.3 Å². The molecule has 0 unspecified atom stereocenters. The molecule has 19 heavy (non-hydrogen) atoms. The molecule has 1 rings (SSSR count). The zero-order chi connectivity index (χ0) is 13.5. The molecule has 0 aromatic heterocycles. The lowest BCUT2D eigenvalue weighted by molar-refractivity contribution is 0.0793. The van der Waals surface area contributed by atoms with Gasteiger partial charge in [0.15, 0.2) is 0 Å². The molecule has 1 amide bonds. The highest BCUT2D eigenvalue weighted by atomic mass is 35.5. The Hall–Kier alpha value is -0.850. The molecule has 0 spiro atoms. The van der Waals surface area contributed by atoms with Crippen LogP contribution in [0.5, 0.6) is 0 Å². The quantitative estimate of drug-likeness (QED) is 0.820. The Bertz CT molecular complexity index is 407. The maximum atomic E-state index is 12.4. The first-order valence-electron chi connectivity index (χ1n) is 5.50. The third-order valence-corrected chi connectivity index (χ3v) is 3.17. The Morgan fingerprint density at radius 2 is 2.05 bits per heavy atom. The van der Waals surface area contributed by atoms with E-state index in [4.69, 9.17) is 0 Å². The van der Waals surface area contributed by atoms with Crippen LogP contribution in [0.3, 0.4) is 0 Å². The van der Waals surface area contributed by atoms with Gasteiger partial charge in [-0.15, -0.1) is 12.4 Å². The van der Waals surface area contributed by atoms with Crippen LogP contribution in [0.15, 0.2) is 29.2 Å². The normalized spacial score (nSPS) is 10.2.